The Morgan fingerprint density at radius 3 is 2.64 bits per heavy atom. The van der Waals surface area contributed by atoms with Crippen molar-refractivity contribution < 1.29 is 14.3 Å². The predicted octanol–water partition coefficient (Wildman–Crippen LogP) is 2.37. The maximum Gasteiger partial charge on any atom is 0.257 e. The van der Waals surface area contributed by atoms with Gasteiger partial charge >= 0.3 is 0 Å². The van der Waals surface area contributed by atoms with Gasteiger partial charge in [0.15, 0.2) is 6.61 Å². The molecule has 2 aromatic rings. The van der Waals surface area contributed by atoms with E-state index in [0.29, 0.717) is 23.8 Å². The van der Waals surface area contributed by atoms with Crippen LogP contribution in [-0.4, -0.2) is 44.2 Å². The minimum absolute atomic E-state index is 0.00929. The number of nitriles is 1. The van der Waals surface area contributed by atoms with Gasteiger partial charge in [0.05, 0.1) is 12.7 Å². The number of nitrogens with zero attached hydrogens (tertiary/aromatic N) is 3. The van der Waals surface area contributed by atoms with Crippen LogP contribution in [0.2, 0.25) is 0 Å². The first-order valence-corrected chi connectivity index (χ1v) is 9.33. The Morgan fingerprint density at radius 1 is 1.25 bits per heavy atom. The molecule has 0 unspecified atom stereocenters. The van der Waals surface area contributed by atoms with Crippen molar-refractivity contribution in [1.29, 1.82) is 5.26 Å². The molecule has 1 aliphatic rings. The number of piperidine rings is 1. The van der Waals surface area contributed by atoms with Gasteiger partial charge in [0.1, 0.15) is 23.4 Å². The van der Waals surface area contributed by atoms with Gasteiger partial charge in [-0.1, -0.05) is 0 Å². The molecule has 1 aliphatic heterocycles. The summed E-state index contributed by atoms with van der Waals surface area (Å²) in [5.41, 5.74) is 0.602. The number of ether oxygens (including phenoxy) is 2. The topological polar surface area (TPSA) is 87.5 Å². The third-order valence-corrected chi connectivity index (χ3v) is 4.84. The van der Waals surface area contributed by atoms with Gasteiger partial charge in [-0.15, -0.1) is 0 Å². The van der Waals surface area contributed by atoms with Crippen LogP contribution in [-0.2, 0) is 4.79 Å². The number of methoxy groups -OCH3 is 1. The second-order valence-electron chi connectivity index (χ2n) is 6.69. The zero-order valence-electron chi connectivity index (χ0n) is 15.9. The van der Waals surface area contributed by atoms with Crippen LogP contribution in [0.3, 0.4) is 0 Å². The molecule has 0 radical (unpaired) electrons. The summed E-state index contributed by atoms with van der Waals surface area (Å²) in [5.74, 6) is 2.41. The van der Waals surface area contributed by atoms with Gasteiger partial charge in [-0.2, -0.15) is 5.26 Å². The third-order valence-electron chi connectivity index (χ3n) is 4.84. The zero-order valence-corrected chi connectivity index (χ0v) is 15.9. The number of rotatable bonds is 7. The van der Waals surface area contributed by atoms with Crippen LogP contribution >= 0.6 is 0 Å². The third kappa shape index (κ3) is 5.13. The minimum Gasteiger partial charge on any atom is -0.497 e. The molecule has 1 fully saturated rings. The van der Waals surface area contributed by atoms with Crippen LogP contribution < -0.4 is 19.7 Å². The standard InChI is InChI=1S/C21H24N4O3/c1-27-18-4-6-19(7-5-18)28-15-20(26)24-14-16-8-11-25(12-9-16)21-17(13-22)3-2-10-23-21/h2-7,10,16H,8-9,11-12,14-15H2,1H3,(H,24,26). The fourth-order valence-electron chi connectivity index (χ4n) is 3.22. The first-order chi connectivity index (χ1) is 13.7. The van der Waals surface area contributed by atoms with E-state index in [1.165, 1.54) is 0 Å². The van der Waals surface area contributed by atoms with Gasteiger partial charge < -0.3 is 19.7 Å². The average molecular weight is 380 g/mol. The first kappa shape index (κ1) is 19.5. The molecule has 0 atom stereocenters. The summed E-state index contributed by atoms with van der Waals surface area (Å²) in [7, 11) is 1.60. The predicted molar refractivity (Wildman–Crippen MR) is 105 cm³/mol. The average Bonchev–Trinajstić information content (AvgIpc) is 2.77. The molecular weight excluding hydrogens is 356 g/mol. The maximum atomic E-state index is 12.0. The number of benzene rings is 1. The SMILES string of the molecule is COc1ccc(OCC(=O)NCC2CCN(c3ncccc3C#N)CC2)cc1. The lowest BCUT2D eigenvalue weighted by Crippen LogP contribution is -2.40. The number of carbonyl (C=O) groups is 1. The molecule has 146 valence electrons. The molecule has 1 aromatic carbocycles. The van der Waals surface area contributed by atoms with Gasteiger partial charge in [0.25, 0.3) is 5.91 Å². The van der Waals surface area contributed by atoms with Crippen LogP contribution in [0, 0.1) is 17.2 Å². The summed E-state index contributed by atoms with van der Waals surface area (Å²) in [6.07, 6.45) is 3.60. The second kappa shape index (κ2) is 9.60. The molecule has 1 aromatic heterocycles. The first-order valence-electron chi connectivity index (χ1n) is 9.33. The van der Waals surface area contributed by atoms with Crippen LogP contribution in [0.5, 0.6) is 11.5 Å². The molecule has 7 nitrogen and oxygen atoms in total. The Kier molecular flexibility index (Phi) is 6.68. The molecule has 0 saturated carbocycles. The molecule has 1 saturated heterocycles. The summed E-state index contributed by atoms with van der Waals surface area (Å²) in [4.78, 5) is 18.5. The quantitative estimate of drug-likeness (QED) is 0.793. The molecular formula is C21H24N4O3. The van der Waals surface area contributed by atoms with E-state index in [4.69, 9.17) is 9.47 Å². The number of carbonyl (C=O) groups excluding carboxylic acids is 1. The van der Waals surface area contributed by atoms with Crippen LogP contribution in [0.15, 0.2) is 42.6 Å². The Hall–Kier alpha value is -3.27. The number of anilines is 1. The molecule has 1 amide bonds. The van der Waals surface area contributed by atoms with Gasteiger partial charge in [0.2, 0.25) is 0 Å². The second-order valence-corrected chi connectivity index (χ2v) is 6.69. The Morgan fingerprint density at radius 2 is 1.96 bits per heavy atom. The summed E-state index contributed by atoms with van der Waals surface area (Å²) in [6.45, 7) is 2.28. The smallest absolute Gasteiger partial charge is 0.257 e. The van der Waals surface area contributed by atoms with Gasteiger partial charge in [0, 0.05) is 25.8 Å². The lowest BCUT2D eigenvalue weighted by Gasteiger charge is -2.33. The van der Waals surface area contributed by atoms with Crippen molar-refractivity contribution in [2.45, 2.75) is 12.8 Å². The van der Waals surface area contributed by atoms with Gasteiger partial charge in [-0.25, -0.2) is 4.98 Å². The van der Waals surface area contributed by atoms with Crippen LogP contribution in [0.4, 0.5) is 5.82 Å². The van der Waals surface area contributed by atoms with E-state index in [1.54, 1.807) is 49.7 Å². The summed E-state index contributed by atoms with van der Waals surface area (Å²) < 4.78 is 10.6. The summed E-state index contributed by atoms with van der Waals surface area (Å²) in [5, 5.41) is 12.2. The lowest BCUT2D eigenvalue weighted by molar-refractivity contribution is -0.123. The van der Waals surface area contributed by atoms with Crippen LogP contribution in [0.25, 0.3) is 0 Å². The molecule has 0 aliphatic carbocycles. The highest BCUT2D eigenvalue weighted by Crippen LogP contribution is 2.23. The highest BCUT2D eigenvalue weighted by Gasteiger charge is 2.22. The number of aromatic nitrogens is 1. The maximum absolute atomic E-state index is 12.0. The fourth-order valence-corrected chi connectivity index (χ4v) is 3.22. The van der Waals surface area contributed by atoms with Crippen LogP contribution in [0.1, 0.15) is 18.4 Å². The highest BCUT2D eigenvalue weighted by atomic mass is 16.5. The fraction of sp³-hybridized carbons (Fsp3) is 0.381. The molecule has 7 heteroatoms. The summed E-state index contributed by atoms with van der Waals surface area (Å²) in [6, 6.07) is 12.9. The minimum atomic E-state index is -0.130. The number of nitrogens with one attached hydrogen (secondary N) is 1. The van der Waals surface area contributed by atoms with E-state index in [-0.39, 0.29) is 12.5 Å². The largest absolute Gasteiger partial charge is 0.497 e. The highest BCUT2D eigenvalue weighted by molar-refractivity contribution is 5.77. The molecule has 28 heavy (non-hydrogen) atoms. The number of pyridine rings is 1. The van der Waals surface area contributed by atoms with Crippen molar-refractivity contribution in [2.75, 3.05) is 38.3 Å². The number of hydrogen-bond acceptors (Lipinski definition) is 6. The van der Waals surface area contributed by atoms with Crippen molar-refractivity contribution in [3.05, 3.63) is 48.2 Å². The summed E-state index contributed by atoms with van der Waals surface area (Å²) >= 11 is 0. The van der Waals surface area contributed by atoms with Crippen molar-refractivity contribution in [2.24, 2.45) is 5.92 Å². The molecule has 2 heterocycles. The number of amides is 1. The van der Waals surface area contributed by atoms with E-state index in [0.717, 1.165) is 37.5 Å². The Labute approximate surface area is 164 Å². The van der Waals surface area contributed by atoms with Crippen molar-refractivity contribution >= 4 is 11.7 Å². The molecule has 1 N–H and O–H groups in total. The zero-order chi connectivity index (χ0) is 19.8. The van der Waals surface area contributed by atoms with E-state index < -0.39 is 0 Å². The van der Waals surface area contributed by atoms with Crippen molar-refractivity contribution in [3.8, 4) is 17.6 Å². The number of hydrogen-bond donors (Lipinski definition) is 1. The van der Waals surface area contributed by atoms with E-state index in [2.05, 4.69) is 21.3 Å². The van der Waals surface area contributed by atoms with E-state index in [9.17, 15) is 10.1 Å². The van der Waals surface area contributed by atoms with E-state index >= 15 is 0 Å². The monoisotopic (exact) mass is 380 g/mol. The Bertz CT molecular complexity index is 824. The van der Waals surface area contributed by atoms with Crippen molar-refractivity contribution in [3.63, 3.8) is 0 Å². The van der Waals surface area contributed by atoms with Gasteiger partial charge in [-0.05, 0) is 55.2 Å². The molecule has 0 spiro atoms. The molecule has 0 bridgehead atoms. The van der Waals surface area contributed by atoms with Gasteiger partial charge in [-0.3, -0.25) is 4.79 Å². The van der Waals surface area contributed by atoms with E-state index in [1.807, 2.05) is 0 Å². The lowest BCUT2D eigenvalue weighted by atomic mass is 9.96. The molecule has 3 rings (SSSR count). The Balaban J connectivity index is 1.39. The normalized spacial score (nSPS) is 14.2. The van der Waals surface area contributed by atoms with Crippen molar-refractivity contribution in [1.82, 2.24) is 10.3 Å².